The molecule has 2 nitrogen and oxygen atoms in total. The van der Waals surface area contributed by atoms with Gasteiger partial charge in [0.15, 0.2) is 0 Å². The summed E-state index contributed by atoms with van der Waals surface area (Å²) in [6.07, 6.45) is 6.00. The average Bonchev–Trinajstić information content (AvgIpc) is 2.93. The summed E-state index contributed by atoms with van der Waals surface area (Å²) in [4.78, 5) is 0. The molecule has 1 aliphatic carbocycles. The Kier molecular flexibility index (Phi) is 2.42. The summed E-state index contributed by atoms with van der Waals surface area (Å²) in [6.45, 7) is 0.901. The Morgan fingerprint density at radius 3 is 2.47 bits per heavy atom. The Morgan fingerprint density at radius 2 is 1.82 bits per heavy atom. The summed E-state index contributed by atoms with van der Waals surface area (Å²) in [5, 5.41) is 4.20. The molecule has 0 amide bonds. The zero-order chi connectivity index (χ0) is 11.8. The van der Waals surface area contributed by atoms with Gasteiger partial charge in [-0.15, -0.1) is 0 Å². The first-order chi connectivity index (χ1) is 8.20. The van der Waals surface area contributed by atoms with Gasteiger partial charge in [-0.2, -0.15) is 5.10 Å². The first-order valence-electron chi connectivity index (χ1n) is 5.69. The average molecular weight is 234 g/mol. The summed E-state index contributed by atoms with van der Waals surface area (Å²) in [5.41, 5.74) is 1.29. The van der Waals surface area contributed by atoms with Crippen molar-refractivity contribution in [3.63, 3.8) is 0 Å². The number of halogens is 2. The van der Waals surface area contributed by atoms with Crippen LogP contribution >= 0.6 is 0 Å². The molecule has 1 aromatic heterocycles. The van der Waals surface area contributed by atoms with Crippen molar-refractivity contribution in [2.75, 3.05) is 0 Å². The molecule has 2 aromatic rings. The summed E-state index contributed by atoms with van der Waals surface area (Å²) in [5.74, 6) is -0.392. The molecular formula is C13H12F2N2. The van der Waals surface area contributed by atoms with Crippen LogP contribution in [0.4, 0.5) is 8.78 Å². The van der Waals surface area contributed by atoms with Gasteiger partial charge in [0, 0.05) is 24.4 Å². The second-order valence-electron chi connectivity index (χ2n) is 4.55. The number of benzene rings is 1. The molecule has 3 rings (SSSR count). The van der Waals surface area contributed by atoms with Gasteiger partial charge >= 0.3 is 0 Å². The van der Waals surface area contributed by atoms with Gasteiger partial charge in [0.05, 0.1) is 6.20 Å². The Hall–Kier alpha value is -1.71. The van der Waals surface area contributed by atoms with Crippen molar-refractivity contribution in [2.45, 2.75) is 19.4 Å². The summed E-state index contributed by atoms with van der Waals surface area (Å²) in [6, 6.07) is 3.52. The van der Waals surface area contributed by atoms with E-state index in [-0.39, 0.29) is 0 Å². The van der Waals surface area contributed by atoms with Gasteiger partial charge in [0.1, 0.15) is 11.6 Å². The molecule has 1 fully saturated rings. The van der Waals surface area contributed by atoms with Crippen molar-refractivity contribution in [1.29, 1.82) is 0 Å². The summed E-state index contributed by atoms with van der Waals surface area (Å²) >= 11 is 0. The van der Waals surface area contributed by atoms with E-state index in [1.54, 1.807) is 6.20 Å². The molecule has 0 N–H and O–H groups in total. The molecule has 1 aromatic carbocycles. The van der Waals surface area contributed by atoms with Crippen LogP contribution in [0.3, 0.4) is 0 Å². The molecule has 0 saturated heterocycles. The third-order valence-electron chi connectivity index (χ3n) is 2.97. The van der Waals surface area contributed by atoms with Crippen LogP contribution in [-0.2, 0) is 6.54 Å². The maximum Gasteiger partial charge on any atom is 0.126 e. The van der Waals surface area contributed by atoms with Crippen LogP contribution in [0.5, 0.6) is 0 Å². The Balaban J connectivity index is 1.88. The molecule has 1 saturated carbocycles. The van der Waals surface area contributed by atoms with Gasteiger partial charge < -0.3 is 0 Å². The highest BCUT2D eigenvalue weighted by atomic mass is 19.1. The molecule has 0 atom stereocenters. The fourth-order valence-electron chi connectivity index (χ4n) is 1.90. The van der Waals surface area contributed by atoms with Gasteiger partial charge in [-0.3, -0.25) is 4.68 Å². The fraction of sp³-hybridized carbons (Fsp3) is 0.308. The lowest BCUT2D eigenvalue weighted by Gasteiger charge is -1.99. The van der Waals surface area contributed by atoms with E-state index in [0.29, 0.717) is 5.56 Å². The van der Waals surface area contributed by atoms with Crippen LogP contribution in [0.2, 0.25) is 0 Å². The topological polar surface area (TPSA) is 17.8 Å². The smallest absolute Gasteiger partial charge is 0.126 e. The third kappa shape index (κ3) is 2.35. The predicted octanol–water partition coefficient (Wildman–Crippen LogP) is 3.24. The molecule has 0 radical (unpaired) electrons. The van der Waals surface area contributed by atoms with E-state index >= 15 is 0 Å². The van der Waals surface area contributed by atoms with E-state index in [4.69, 9.17) is 0 Å². The van der Waals surface area contributed by atoms with Crippen molar-refractivity contribution in [2.24, 2.45) is 5.92 Å². The maximum absolute atomic E-state index is 13.1. The Bertz CT molecular complexity index is 524. The molecule has 0 aliphatic heterocycles. The minimum Gasteiger partial charge on any atom is -0.272 e. The van der Waals surface area contributed by atoms with E-state index in [1.165, 1.54) is 25.0 Å². The highest BCUT2D eigenvalue weighted by Crippen LogP contribution is 2.31. The molecular weight excluding hydrogens is 222 g/mol. The molecule has 88 valence electrons. The van der Waals surface area contributed by atoms with Crippen molar-refractivity contribution >= 4 is 0 Å². The monoisotopic (exact) mass is 234 g/mol. The van der Waals surface area contributed by atoms with Gasteiger partial charge in [-0.05, 0) is 36.5 Å². The Morgan fingerprint density at radius 1 is 1.12 bits per heavy atom. The Labute approximate surface area is 97.9 Å². The zero-order valence-electron chi connectivity index (χ0n) is 9.24. The van der Waals surface area contributed by atoms with Crippen LogP contribution in [0.1, 0.15) is 12.8 Å². The normalized spacial score (nSPS) is 15.2. The van der Waals surface area contributed by atoms with Crippen molar-refractivity contribution < 1.29 is 8.78 Å². The number of hydrogen-bond donors (Lipinski definition) is 0. The lowest BCUT2D eigenvalue weighted by atomic mass is 10.1. The number of rotatable bonds is 3. The van der Waals surface area contributed by atoms with E-state index in [2.05, 4.69) is 5.10 Å². The summed E-state index contributed by atoms with van der Waals surface area (Å²) < 4.78 is 28.0. The minimum absolute atomic E-state index is 0.532. The van der Waals surface area contributed by atoms with E-state index in [9.17, 15) is 8.78 Å². The highest BCUT2D eigenvalue weighted by Gasteiger charge is 2.22. The molecule has 1 aliphatic rings. The largest absolute Gasteiger partial charge is 0.272 e. The van der Waals surface area contributed by atoms with Crippen molar-refractivity contribution in [1.82, 2.24) is 9.78 Å². The van der Waals surface area contributed by atoms with E-state index in [0.717, 1.165) is 24.1 Å². The number of hydrogen-bond acceptors (Lipinski definition) is 1. The quantitative estimate of drug-likeness (QED) is 0.797. The molecule has 17 heavy (non-hydrogen) atoms. The van der Waals surface area contributed by atoms with Gasteiger partial charge in [0.2, 0.25) is 0 Å². The number of nitrogens with zero attached hydrogens (tertiary/aromatic N) is 2. The molecule has 0 bridgehead atoms. The second-order valence-corrected chi connectivity index (χ2v) is 4.55. The first kappa shape index (κ1) is 10.4. The lowest BCUT2D eigenvalue weighted by molar-refractivity contribution is 0.563. The van der Waals surface area contributed by atoms with Crippen molar-refractivity contribution in [3.05, 3.63) is 42.2 Å². The second kappa shape index (κ2) is 3.95. The molecule has 4 heteroatoms. The van der Waals surface area contributed by atoms with E-state index < -0.39 is 11.6 Å². The zero-order valence-corrected chi connectivity index (χ0v) is 9.24. The highest BCUT2D eigenvalue weighted by molar-refractivity contribution is 5.61. The third-order valence-corrected chi connectivity index (χ3v) is 2.97. The van der Waals surface area contributed by atoms with Crippen molar-refractivity contribution in [3.8, 4) is 11.1 Å². The minimum atomic E-state index is -0.560. The molecule has 1 heterocycles. The van der Waals surface area contributed by atoms with Crippen LogP contribution in [0.25, 0.3) is 11.1 Å². The van der Waals surface area contributed by atoms with Crippen LogP contribution < -0.4 is 0 Å². The van der Waals surface area contributed by atoms with Gasteiger partial charge in [-0.25, -0.2) is 8.78 Å². The molecule has 0 unspecified atom stereocenters. The lowest BCUT2D eigenvalue weighted by Crippen LogP contribution is -1.98. The van der Waals surface area contributed by atoms with Crippen LogP contribution in [-0.4, -0.2) is 9.78 Å². The maximum atomic E-state index is 13.1. The standard InChI is InChI=1S/C13H12F2N2/c14-12-3-10(4-13(15)5-12)11-6-16-17(8-11)7-9-1-2-9/h3-6,8-9H,1-2,7H2. The first-order valence-corrected chi connectivity index (χ1v) is 5.69. The van der Waals surface area contributed by atoms with E-state index in [1.807, 2.05) is 10.9 Å². The SMILES string of the molecule is Fc1cc(F)cc(-c2cnn(CC3CC3)c2)c1. The van der Waals surface area contributed by atoms with Gasteiger partial charge in [0.25, 0.3) is 0 Å². The summed E-state index contributed by atoms with van der Waals surface area (Å²) in [7, 11) is 0. The molecule has 0 spiro atoms. The van der Waals surface area contributed by atoms with Gasteiger partial charge in [-0.1, -0.05) is 0 Å². The fourth-order valence-corrected chi connectivity index (χ4v) is 1.90. The van der Waals surface area contributed by atoms with Crippen LogP contribution in [0, 0.1) is 17.6 Å². The van der Waals surface area contributed by atoms with Crippen LogP contribution in [0.15, 0.2) is 30.6 Å². The predicted molar refractivity (Wildman–Crippen MR) is 60.3 cm³/mol. The number of aromatic nitrogens is 2.